The Morgan fingerprint density at radius 3 is 2.59 bits per heavy atom. The van der Waals surface area contributed by atoms with Gasteiger partial charge in [0.1, 0.15) is 0 Å². The summed E-state index contributed by atoms with van der Waals surface area (Å²) < 4.78 is 0. The molecule has 1 saturated heterocycles. The Morgan fingerprint density at radius 1 is 1.29 bits per heavy atom. The van der Waals surface area contributed by atoms with E-state index in [0.717, 1.165) is 45.3 Å². The molecule has 1 atom stereocenters. The van der Waals surface area contributed by atoms with Crippen LogP contribution in [-0.4, -0.2) is 40.2 Å². The summed E-state index contributed by atoms with van der Waals surface area (Å²) >= 11 is 5.03. The summed E-state index contributed by atoms with van der Waals surface area (Å²) in [7, 11) is 0. The van der Waals surface area contributed by atoms with Gasteiger partial charge >= 0.3 is 0 Å². The van der Waals surface area contributed by atoms with E-state index >= 15 is 0 Å². The highest BCUT2D eigenvalue weighted by atomic mass is 32.1. The zero-order valence-corrected chi connectivity index (χ0v) is 11.6. The summed E-state index contributed by atoms with van der Waals surface area (Å²) in [6, 6.07) is 0. The highest BCUT2D eigenvalue weighted by molar-refractivity contribution is 7.80. The van der Waals surface area contributed by atoms with Gasteiger partial charge in [-0.1, -0.05) is 12.2 Å². The van der Waals surface area contributed by atoms with Crippen molar-refractivity contribution in [1.82, 2.24) is 4.90 Å². The second kappa shape index (κ2) is 4.82. The lowest BCUT2D eigenvalue weighted by Gasteiger charge is -2.26. The number of hydrogen-bond donors (Lipinski definition) is 2. The molecule has 3 N–H and O–H groups in total. The molecule has 0 amide bonds. The minimum absolute atomic E-state index is 0.377. The molecule has 1 aliphatic heterocycles. The van der Waals surface area contributed by atoms with Gasteiger partial charge < -0.3 is 15.7 Å². The van der Waals surface area contributed by atoms with Crippen LogP contribution in [0.1, 0.15) is 45.4 Å². The second-order valence-electron chi connectivity index (χ2n) is 6.27. The summed E-state index contributed by atoms with van der Waals surface area (Å²) in [5.74, 6) is 0. The van der Waals surface area contributed by atoms with Crippen LogP contribution in [0.5, 0.6) is 0 Å². The predicted octanol–water partition coefficient (Wildman–Crippen LogP) is 1.68. The van der Waals surface area contributed by atoms with Crippen molar-refractivity contribution in [3.05, 3.63) is 0 Å². The molecule has 2 fully saturated rings. The quantitative estimate of drug-likeness (QED) is 0.751. The van der Waals surface area contributed by atoms with E-state index < -0.39 is 5.60 Å². The summed E-state index contributed by atoms with van der Waals surface area (Å²) in [6.45, 7) is 5.18. The van der Waals surface area contributed by atoms with Crippen molar-refractivity contribution >= 4 is 17.2 Å². The maximum absolute atomic E-state index is 10.1. The summed E-state index contributed by atoms with van der Waals surface area (Å²) in [5.41, 5.74) is 5.58. The number of aliphatic hydroxyl groups is 1. The topological polar surface area (TPSA) is 49.5 Å². The van der Waals surface area contributed by atoms with Crippen molar-refractivity contribution in [2.24, 2.45) is 11.1 Å². The molecule has 0 spiro atoms. The fraction of sp³-hybridized carbons (Fsp3) is 0.923. The molecule has 0 aromatic carbocycles. The van der Waals surface area contributed by atoms with E-state index in [0.29, 0.717) is 10.4 Å². The molecule has 0 radical (unpaired) electrons. The Balaban J connectivity index is 1.85. The number of hydrogen-bond acceptors (Lipinski definition) is 3. The molecule has 17 heavy (non-hydrogen) atoms. The molecule has 0 aromatic heterocycles. The molecular weight excluding hydrogens is 232 g/mol. The van der Waals surface area contributed by atoms with E-state index in [1.54, 1.807) is 0 Å². The van der Waals surface area contributed by atoms with Crippen LogP contribution in [0, 0.1) is 5.41 Å². The van der Waals surface area contributed by atoms with E-state index in [1.165, 1.54) is 12.8 Å². The average molecular weight is 256 g/mol. The summed E-state index contributed by atoms with van der Waals surface area (Å²) in [6.07, 6.45) is 6.32. The van der Waals surface area contributed by atoms with Crippen LogP contribution in [-0.2, 0) is 0 Å². The van der Waals surface area contributed by atoms with Crippen molar-refractivity contribution in [2.45, 2.75) is 51.0 Å². The van der Waals surface area contributed by atoms with Crippen LogP contribution < -0.4 is 5.73 Å². The van der Waals surface area contributed by atoms with Crippen LogP contribution >= 0.6 is 12.2 Å². The van der Waals surface area contributed by atoms with Gasteiger partial charge in [0.25, 0.3) is 0 Å². The van der Waals surface area contributed by atoms with Crippen LogP contribution in [0.25, 0.3) is 0 Å². The smallest absolute Gasteiger partial charge is 0.0733 e. The van der Waals surface area contributed by atoms with Crippen molar-refractivity contribution in [2.75, 3.05) is 19.6 Å². The molecule has 98 valence electrons. The van der Waals surface area contributed by atoms with Gasteiger partial charge in [-0.15, -0.1) is 0 Å². The van der Waals surface area contributed by atoms with Gasteiger partial charge in [-0.05, 0) is 51.0 Å². The maximum atomic E-state index is 10.1. The Labute approximate surface area is 109 Å². The van der Waals surface area contributed by atoms with Crippen molar-refractivity contribution < 1.29 is 5.11 Å². The first-order valence-electron chi connectivity index (χ1n) is 6.64. The number of nitrogens with two attached hydrogens (primary N) is 1. The van der Waals surface area contributed by atoms with Crippen LogP contribution in [0.3, 0.4) is 0 Å². The highest BCUT2D eigenvalue weighted by Gasteiger charge is 2.44. The number of rotatable bonds is 4. The third kappa shape index (κ3) is 3.90. The lowest BCUT2D eigenvalue weighted by Crippen LogP contribution is -2.34. The first kappa shape index (κ1) is 13.2. The summed E-state index contributed by atoms with van der Waals surface area (Å²) in [4.78, 5) is 3.15. The van der Waals surface area contributed by atoms with Gasteiger partial charge in [0.05, 0.1) is 10.6 Å². The third-order valence-corrected chi connectivity index (χ3v) is 4.37. The molecule has 0 bridgehead atoms. The SMILES string of the molecule is CC1(O)CCCN(CC2(CC(N)=S)CC2)CC1. The predicted molar refractivity (Wildman–Crippen MR) is 74.0 cm³/mol. The average Bonchev–Trinajstić information content (AvgIpc) is 2.94. The maximum Gasteiger partial charge on any atom is 0.0733 e. The van der Waals surface area contributed by atoms with E-state index in [1.807, 2.05) is 6.92 Å². The van der Waals surface area contributed by atoms with Gasteiger partial charge in [0, 0.05) is 19.5 Å². The zero-order chi connectivity index (χ0) is 12.5. The molecule has 3 nitrogen and oxygen atoms in total. The van der Waals surface area contributed by atoms with E-state index in [2.05, 4.69) is 4.90 Å². The molecule has 1 aliphatic carbocycles. The highest BCUT2D eigenvalue weighted by Crippen LogP contribution is 2.49. The van der Waals surface area contributed by atoms with Gasteiger partial charge in [-0.3, -0.25) is 0 Å². The normalized spacial score (nSPS) is 33.1. The molecule has 0 aromatic rings. The molecule has 2 aliphatic rings. The monoisotopic (exact) mass is 256 g/mol. The minimum atomic E-state index is -0.464. The molecule has 1 unspecified atom stereocenters. The standard InChI is InChI=1S/C13H24N2OS/c1-12(16)3-2-7-15(8-6-12)10-13(4-5-13)9-11(14)17/h16H,2-10H2,1H3,(H2,14,17). The van der Waals surface area contributed by atoms with Crippen LogP contribution in [0.4, 0.5) is 0 Å². The van der Waals surface area contributed by atoms with Gasteiger partial charge in [-0.2, -0.15) is 0 Å². The Bertz CT molecular complexity index is 300. The number of likely N-dealkylation sites (tertiary alicyclic amines) is 1. The van der Waals surface area contributed by atoms with Gasteiger partial charge in [-0.25, -0.2) is 0 Å². The van der Waals surface area contributed by atoms with E-state index in [-0.39, 0.29) is 0 Å². The zero-order valence-electron chi connectivity index (χ0n) is 10.7. The van der Waals surface area contributed by atoms with Gasteiger partial charge in [0.15, 0.2) is 0 Å². The van der Waals surface area contributed by atoms with Crippen molar-refractivity contribution in [3.63, 3.8) is 0 Å². The first-order chi connectivity index (χ1) is 7.91. The number of nitrogens with zero attached hydrogens (tertiary/aromatic N) is 1. The lowest BCUT2D eigenvalue weighted by molar-refractivity contribution is 0.0440. The molecule has 4 heteroatoms. The van der Waals surface area contributed by atoms with Crippen molar-refractivity contribution in [3.8, 4) is 0 Å². The van der Waals surface area contributed by atoms with Gasteiger partial charge in [0.2, 0.25) is 0 Å². The van der Waals surface area contributed by atoms with E-state index in [4.69, 9.17) is 18.0 Å². The van der Waals surface area contributed by atoms with Crippen LogP contribution in [0.15, 0.2) is 0 Å². The fourth-order valence-electron chi connectivity index (χ4n) is 2.89. The lowest BCUT2D eigenvalue weighted by atomic mass is 9.98. The Kier molecular flexibility index (Phi) is 3.76. The molecular formula is C13H24N2OS. The number of thiocarbonyl (C=S) groups is 1. The molecule has 1 saturated carbocycles. The van der Waals surface area contributed by atoms with Crippen LogP contribution in [0.2, 0.25) is 0 Å². The largest absolute Gasteiger partial charge is 0.393 e. The Morgan fingerprint density at radius 2 is 2.00 bits per heavy atom. The first-order valence-corrected chi connectivity index (χ1v) is 7.05. The second-order valence-corrected chi connectivity index (χ2v) is 6.79. The van der Waals surface area contributed by atoms with E-state index in [9.17, 15) is 5.11 Å². The molecule has 2 rings (SSSR count). The van der Waals surface area contributed by atoms with Crippen molar-refractivity contribution in [1.29, 1.82) is 0 Å². The third-order valence-electron chi connectivity index (χ3n) is 4.22. The fourth-order valence-corrected chi connectivity index (χ4v) is 3.20. The molecule has 1 heterocycles. The summed E-state index contributed by atoms with van der Waals surface area (Å²) in [5, 5.41) is 10.1. The minimum Gasteiger partial charge on any atom is -0.393 e. The Hall–Kier alpha value is -0.190.